The monoisotopic (exact) mass is 216 g/mol. The number of nitrogens with zero attached hydrogens (tertiary/aromatic N) is 1. The minimum Gasteiger partial charge on any atom is -0.453 e. The number of carbonyl (C=O) groups excluding carboxylic acids is 2. The second kappa shape index (κ2) is 8.08. The fourth-order valence-corrected chi connectivity index (χ4v) is 1.14. The highest BCUT2D eigenvalue weighted by Crippen LogP contribution is 1.95. The van der Waals surface area contributed by atoms with Crippen LogP contribution in [-0.4, -0.2) is 43.6 Å². The van der Waals surface area contributed by atoms with Crippen LogP contribution in [0.25, 0.3) is 0 Å². The van der Waals surface area contributed by atoms with E-state index in [0.29, 0.717) is 6.54 Å². The summed E-state index contributed by atoms with van der Waals surface area (Å²) in [6.07, 6.45) is 1.46. The predicted molar refractivity (Wildman–Crippen MR) is 57.6 cm³/mol. The van der Waals surface area contributed by atoms with Crippen molar-refractivity contribution >= 4 is 12.0 Å². The zero-order chi connectivity index (χ0) is 11.7. The SMILES string of the molecule is CCCCN(CC)C(=O)CNC(=O)OC. The van der Waals surface area contributed by atoms with Crippen molar-refractivity contribution in [2.24, 2.45) is 0 Å². The van der Waals surface area contributed by atoms with Crippen LogP contribution in [0, 0.1) is 0 Å². The predicted octanol–water partition coefficient (Wildman–Crippen LogP) is 0.991. The first-order valence-electron chi connectivity index (χ1n) is 5.25. The summed E-state index contributed by atoms with van der Waals surface area (Å²) in [4.78, 5) is 24.0. The molecule has 0 radical (unpaired) electrons. The van der Waals surface area contributed by atoms with E-state index in [2.05, 4.69) is 17.0 Å². The van der Waals surface area contributed by atoms with Crippen molar-refractivity contribution in [3.63, 3.8) is 0 Å². The Balaban J connectivity index is 3.87. The van der Waals surface area contributed by atoms with Gasteiger partial charge in [0.15, 0.2) is 0 Å². The molecule has 0 aliphatic rings. The summed E-state index contributed by atoms with van der Waals surface area (Å²) in [5.41, 5.74) is 0. The van der Waals surface area contributed by atoms with Gasteiger partial charge in [0.05, 0.1) is 7.11 Å². The number of alkyl carbamates (subject to hydrolysis) is 1. The third-order valence-corrected chi connectivity index (χ3v) is 2.09. The summed E-state index contributed by atoms with van der Waals surface area (Å²) in [5.74, 6) is -0.0728. The van der Waals surface area contributed by atoms with Gasteiger partial charge in [-0.1, -0.05) is 13.3 Å². The second-order valence-electron chi connectivity index (χ2n) is 3.17. The molecule has 0 atom stereocenters. The lowest BCUT2D eigenvalue weighted by Gasteiger charge is -2.20. The molecule has 0 aliphatic heterocycles. The van der Waals surface area contributed by atoms with Gasteiger partial charge >= 0.3 is 6.09 Å². The highest BCUT2D eigenvalue weighted by molar-refractivity contribution is 5.82. The molecule has 5 nitrogen and oxygen atoms in total. The number of ether oxygens (including phenoxy) is 1. The van der Waals surface area contributed by atoms with Gasteiger partial charge in [0.25, 0.3) is 0 Å². The van der Waals surface area contributed by atoms with Crippen molar-refractivity contribution in [1.82, 2.24) is 10.2 Å². The van der Waals surface area contributed by atoms with E-state index in [1.54, 1.807) is 4.90 Å². The minimum absolute atomic E-state index is 0.00419. The fraction of sp³-hybridized carbons (Fsp3) is 0.800. The zero-order valence-electron chi connectivity index (χ0n) is 9.71. The molecule has 15 heavy (non-hydrogen) atoms. The molecule has 88 valence electrons. The van der Waals surface area contributed by atoms with Crippen LogP contribution in [-0.2, 0) is 9.53 Å². The summed E-state index contributed by atoms with van der Waals surface area (Å²) in [7, 11) is 1.27. The number of methoxy groups -OCH3 is 1. The van der Waals surface area contributed by atoms with Gasteiger partial charge in [0.2, 0.25) is 5.91 Å². The lowest BCUT2D eigenvalue weighted by molar-refractivity contribution is -0.130. The number of hydrogen-bond donors (Lipinski definition) is 1. The Labute approximate surface area is 90.8 Å². The van der Waals surface area contributed by atoms with E-state index in [0.717, 1.165) is 19.4 Å². The summed E-state index contributed by atoms with van der Waals surface area (Å²) in [6.45, 7) is 5.41. The molecule has 0 saturated heterocycles. The number of unbranched alkanes of at least 4 members (excludes halogenated alkanes) is 1. The number of amides is 2. The van der Waals surface area contributed by atoms with E-state index in [1.807, 2.05) is 6.92 Å². The Morgan fingerprint density at radius 3 is 2.47 bits per heavy atom. The van der Waals surface area contributed by atoms with E-state index < -0.39 is 6.09 Å². The summed E-state index contributed by atoms with van der Waals surface area (Å²) < 4.78 is 4.37. The van der Waals surface area contributed by atoms with E-state index in [4.69, 9.17) is 0 Å². The smallest absolute Gasteiger partial charge is 0.407 e. The lowest BCUT2D eigenvalue weighted by atomic mass is 10.3. The van der Waals surface area contributed by atoms with Gasteiger partial charge in [-0.05, 0) is 13.3 Å². The molecule has 0 unspecified atom stereocenters. The molecule has 0 aromatic heterocycles. The molecule has 0 spiro atoms. The van der Waals surface area contributed by atoms with Crippen molar-refractivity contribution in [2.75, 3.05) is 26.7 Å². The first-order chi connectivity index (χ1) is 7.15. The fourth-order valence-electron chi connectivity index (χ4n) is 1.14. The van der Waals surface area contributed by atoms with E-state index >= 15 is 0 Å². The van der Waals surface area contributed by atoms with Crippen molar-refractivity contribution < 1.29 is 14.3 Å². The van der Waals surface area contributed by atoms with Gasteiger partial charge in [0.1, 0.15) is 6.54 Å². The van der Waals surface area contributed by atoms with Crippen molar-refractivity contribution in [3.8, 4) is 0 Å². The van der Waals surface area contributed by atoms with Crippen LogP contribution < -0.4 is 5.32 Å². The number of hydrogen-bond acceptors (Lipinski definition) is 3. The van der Waals surface area contributed by atoms with Crippen LogP contribution in [0.3, 0.4) is 0 Å². The summed E-state index contributed by atoms with van der Waals surface area (Å²) in [5, 5.41) is 2.37. The van der Waals surface area contributed by atoms with Crippen molar-refractivity contribution in [3.05, 3.63) is 0 Å². The summed E-state index contributed by atoms with van der Waals surface area (Å²) >= 11 is 0. The standard InChI is InChI=1S/C10H20N2O3/c1-4-6-7-12(5-2)9(13)8-11-10(14)15-3/h4-8H2,1-3H3,(H,11,14). The van der Waals surface area contributed by atoms with E-state index in [1.165, 1.54) is 7.11 Å². The van der Waals surface area contributed by atoms with Gasteiger partial charge in [0, 0.05) is 13.1 Å². The van der Waals surface area contributed by atoms with E-state index in [9.17, 15) is 9.59 Å². The topological polar surface area (TPSA) is 58.6 Å². The molecule has 0 aromatic carbocycles. The maximum atomic E-state index is 11.6. The Hall–Kier alpha value is -1.26. The molecule has 1 N–H and O–H groups in total. The molecule has 2 amide bonds. The Kier molecular flexibility index (Phi) is 7.40. The van der Waals surface area contributed by atoms with Crippen LogP contribution >= 0.6 is 0 Å². The van der Waals surface area contributed by atoms with Crippen LogP contribution in [0.1, 0.15) is 26.7 Å². The summed E-state index contributed by atoms with van der Waals surface area (Å²) in [6, 6.07) is 0. The number of likely N-dealkylation sites (N-methyl/N-ethyl adjacent to an activating group) is 1. The lowest BCUT2D eigenvalue weighted by Crippen LogP contribution is -2.40. The molecule has 0 rings (SSSR count). The molecule has 0 bridgehead atoms. The maximum Gasteiger partial charge on any atom is 0.407 e. The Morgan fingerprint density at radius 1 is 1.33 bits per heavy atom. The zero-order valence-corrected chi connectivity index (χ0v) is 9.71. The van der Waals surface area contributed by atoms with Gasteiger partial charge in [-0.15, -0.1) is 0 Å². The first-order valence-corrected chi connectivity index (χ1v) is 5.25. The van der Waals surface area contributed by atoms with E-state index in [-0.39, 0.29) is 12.5 Å². The van der Waals surface area contributed by atoms with Gasteiger partial charge in [-0.3, -0.25) is 4.79 Å². The highest BCUT2D eigenvalue weighted by Gasteiger charge is 2.11. The van der Waals surface area contributed by atoms with Gasteiger partial charge in [-0.25, -0.2) is 4.79 Å². The number of carbonyl (C=O) groups is 2. The number of rotatable bonds is 6. The maximum absolute atomic E-state index is 11.6. The highest BCUT2D eigenvalue weighted by atomic mass is 16.5. The first kappa shape index (κ1) is 13.7. The molecule has 0 aliphatic carbocycles. The third-order valence-electron chi connectivity index (χ3n) is 2.09. The van der Waals surface area contributed by atoms with Crippen molar-refractivity contribution in [2.45, 2.75) is 26.7 Å². The molecular weight excluding hydrogens is 196 g/mol. The Morgan fingerprint density at radius 2 is 2.00 bits per heavy atom. The molecule has 0 fully saturated rings. The minimum atomic E-state index is -0.574. The number of nitrogens with one attached hydrogen (secondary N) is 1. The third kappa shape index (κ3) is 5.93. The van der Waals surface area contributed by atoms with Gasteiger partial charge in [-0.2, -0.15) is 0 Å². The van der Waals surface area contributed by atoms with Crippen LogP contribution in [0.2, 0.25) is 0 Å². The van der Waals surface area contributed by atoms with Crippen molar-refractivity contribution in [1.29, 1.82) is 0 Å². The quantitative estimate of drug-likeness (QED) is 0.720. The normalized spacial score (nSPS) is 9.53. The van der Waals surface area contributed by atoms with Crippen LogP contribution in [0.15, 0.2) is 0 Å². The van der Waals surface area contributed by atoms with Crippen LogP contribution in [0.5, 0.6) is 0 Å². The average molecular weight is 216 g/mol. The molecule has 5 heteroatoms. The second-order valence-corrected chi connectivity index (χ2v) is 3.17. The molecule has 0 heterocycles. The molecular formula is C10H20N2O3. The largest absolute Gasteiger partial charge is 0.453 e. The average Bonchev–Trinajstić information content (AvgIpc) is 2.26. The molecule has 0 saturated carbocycles. The Bertz CT molecular complexity index is 207. The molecule has 0 aromatic rings. The van der Waals surface area contributed by atoms with Crippen LogP contribution in [0.4, 0.5) is 4.79 Å². The van der Waals surface area contributed by atoms with Gasteiger partial charge < -0.3 is 15.0 Å².